The van der Waals surface area contributed by atoms with Crippen molar-refractivity contribution in [2.75, 3.05) is 0 Å². The number of rotatable bonds is 10. The van der Waals surface area contributed by atoms with Crippen LogP contribution in [0.15, 0.2) is 453 Å². The van der Waals surface area contributed by atoms with Crippen LogP contribution >= 0.6 is 0 Å². The van der Waals surface area contributed by atoms with Crippen LogP contribution in [0.25, 0.3) is 244 Å². The summed E-state index contributed by atoms with van der Waals surface area (Å²) in [5.74, 6) is 2.22. The van der Waals surface area contributed by atoms with E-state index < -0.39 is 0 Å². The second-order valence-corrected chi connectivity index (χ2v) is 42.2. The third-order valence-corrected chi connectivity index (χ3v) is 32.4. The van der Waals surface area contributed by atoms with Gasteiger partial charge in [-0.2, -0.15) is 0 Å². The van der Waals surface area contributed by atoms with Crippen LogP contribution < -0.4 is 0 Å². The molecule has 11 heteroatoms. The topological polar surface area (TPSA) is 110 Å². The van der Waals surface area contributed by atoms with Crippen molar-refractivity contribution in [3.05, 3.63) is 494 Å². The maximum Gasteiger partial charge on any atom is 0.160 e. The van der Waals surface area contributed by atoms with Gasteiger partial charge < -0.3 is 22.7 Å². The highest BCUT2D eigenvalue weighted by molar-refractivity contribution is 6.27. The monoisotopic (exact) mass is 1910 g/mol. The Balaban J connectivity index is 0.000000105. The number of benzene rings is 19. The number of hydrogen-bond donors (Lipinski definition) is 0. The summed E-state index contributed by atoms with van der Waals surface area (Å²) >= 11 is 0. The van der Waals surface area contributed by atoms with Gasteiger partial charge in [0.25, 0.3) is 0 Å². The number of fused-ring (bicyclic) bond motifs is 30. The number of para-hydroxylation sites is 6. The first kappa shape index (κ1) is 87.0. The highest BCUT2D eigenvalue weighted by Crippen LogP contribution is 2.58. The molecule has 27 aromatic rings. The van der Waals surface area contributed by atoms with E-state index in [2.05, 4.69) is 510 Å². The molecule has 19 aromatic carbocycles. The first-order valence-electron chi connectivity index (χ1n) is 51.6. The molecule has 0 saturated carbocycles. The molecular weight excluding hydrogens is 1810 g/mol. The average molecular weight is 1910 g/mol. The van der Waals surface area contributed by atoms with E-state index in [1.54, 1.807) is 0 Å². The summed E-state index contributed by atoms with van der Waals surface area (Å²) in [6, 6.07) is 160. The van der Waals surface area contributed by atoms with E-state index >= 15 is 0 Å². The van der Waals surface area contributed by atoms with E-state index in [1.807, 2.05) is 12.1 Å². The molecule has 0 saturated heterocycles. The fraction of sp³-hybridized carbons (Fsp3) is 0.0870. The summed E-state index contributed by atoms with van der Waals surface area (Å²) in [5, 5.41) is 12.2. The van der Waals surface area contributed by atoms with Gasteiger partial charge >= 0.3 is 0 Å². The Hall–Kier alpha value is -18.6. The molecule has 0 spiro atoms. The van der Waals surface area contributed by atoms with Gasteiger partial charge in [0.15, 0.2) is 17.5 Å². The fourth-order valence-corrected chi connectivity index (χ4v) is 25.5. The maximum atomic E-state index is 6.53. The molecule has 11 nitrogen and oxygen atoms in total. The van der Waals surface area contributed by atoms with Crippen LogP contribution in [0, 0.1) is 0 Å². The Morgan fingerprint density at radius 3 is 1.02 bits per heavy atom. The predicted octanol–water partition coefficient (Wildman–Crippen LogP) is 34.9. The highest BCUT2D eigenvalue weighted by Gasteiger charge is 2.45. The summed E-state index contributed by atoms with van der Waals surface area (Å²) in [4.78, 5) is 32.0. The van der Waals surface area contributed by atoms with E-state index in [1.165, 1.54) is 121 Å². The Bertz CT molecular complexity index is 10300. The zero-order chi connectivity index (χ0) is 99.6. The third kappa shape index (κ3) is 13.0. The minimum Gasteiger partial charge on any atom is -0.455 e. The lowest BCUT2D eigenvalue weighted by Gasteiger charge is -2.22. The molecule has 0 amide bonds. The molecule has 31 rings (SSSR count). The quantitative estimate of drug-likeness (QED) is 0.134. The van der Waals surface area contributed by atoms with Gasteiger partial charge in [0.2, 0.25) is 0 Å². The van der Waals surface area contributed by atoms with Crippen molar-refractivity contribution in [2.45, 2.75) is 77.0 Å². The summed E-state index contributed by atoms with van der Waals surface area (Å²) < 4.78 is 16.1. The summed E-state index contributed by atoms with van der Waals surface area (Å²) in [6.45, 7) is 18.4. The van der Waals surface area contributed by atoms with Gasteiger partial charge in [0.1, 0.15) is 11.2 Å². The van der Waals surface area contributed by atoms with Crippen LogP contribution in [-0.4, -0.2) is 48.2 Å². The number of nitrogens with zero attached hydrogens (tertiary/aromatic N) is 10. The Labute approximate surface area is 861 Å². The van der Waals surface area contributed by atoms with Crippen molar-refractivity contribution in [1.29, 1.82) is 0 Å². The van der Waals surface area contributed by atoms with Crippen LogP contribution in [0.5, 0.6) is 0 Å². The zero-order valence-electron chi connectivity index (χ0n) is 83.6. The lowest BCUT2D eigenvalue weighted by atomic mass is 9.80. The largest absolute Gasteiger partial charge is 0.455 e. The maximum absolute atomic E-state index is 6.53. The first-order valence-corrected chi connectivity index (χ1v) is 51.6. The van der Waals surface area contributed by atoms with Crippen molar-refractivity contribution in [1.82, 2.24) is 48.2 Å². The van der Waals surface area contributed by atoms with Crippen LogP contribution in [-0.2, 0) is 21.7 Å². The second-order valence-electron chi connectivity index (χ2n) is 42.2. The molecule has 0 radical (unpaired) electrons. The van der Waals surface area contributed by atoms with Gasteiger partial charge in [0.05, 0.1) is 83.7 Å². The van der Waals surface area contributed by atoms with E-state index in [9.17, 15) is 0 Å². The van der Waals surface area contributed by atoms with Crippen molar-refractivity contribution in [3.63, 3.8) is 0 Å². The molecule has 0 bridgehead atoms. The molecule has 4 aliphatic carbocycles. The van der Waals surface area contributed by atoms with Gasteiger partial charge in [-0.15, -0.1) is 0 Å². The van der Waals surface area contributed by atoms with E-state index in [0.717, 1.165) is 168 Å². The molecule has 706 valence electrons. The Morgan fingerprint density at radius 2 is 0.537 bits per heavy atom. The SMILES string of the molecule is CC1(C)c2ccccc2-c2c(-c3ccccc3)nc(-c3ccc(-n4c5ccccc5c5c4ccc4c6ccccc6n(-c6ccccc6)c45)cc3)nc21.CC1(C)c2ccccc2-c2c(-c3ccccc3)nc(-c3ccc(-n4c5ccccc5c5c6c(ccc54)-c4ccccc4C6(C)C)cc3)nc21.CC1(C)c2ccccc2-c2c(-c3ccccc3)nc(-c3cccc(-n4c5ccccc5c5c6oc7ccccc7c6ccc54)c3)nc21. The number of furan rings is 1. The van der Waals surface area contributed by atoms with Crippen molar-refractivity contribution in [2.24, 2.45) is 0 Å². The molecule has 0 atom stereocenters. The summed E-state index contributed by atoms with van der Waals surface area (Å²) in [6.07, 6.45) is 0. The predicted molar refractivity (Wildman–Crippen MR) is 614 cm³/mol. The van der Waals surface area contributed by atoms with Crippen molar-refractivity contribution in [3.8, 4) is 135 Å². The number of hydrogen-bond acceptors (Lipinski definition) is 7. The second kappa shape index (κ2) is 33.0. The molecule has 0 N–H and O–H groups in total. The van der Waals surface area contributed by atoms with Crippen molar-refractivity contribution < 1.29 is 4.42 Å². The highest BCUT2D eigenvalue weighted by atomic mass is 16.3. The normalized spacial score (nSPS) is 13.9. The van der Waals surface area contributed by atoms with E-state index in [-0.39, 0.29) is 21.7 Å². The Kier molecular flexibility index (Phi) is 19.3. The number of aromatic nitrogens is 10. The van der Waals surface area contributed by atoms with Crippen molar-refractivity contribution >= 4 is 109 Å². The molecule has 0 fully saturated rings. The summed E-state index contributed by atoms with van der Waals surface area (Å²) in [5.41, 5.74) is 43.8. The third-order valence-electron chi connectivity index (χ3n) is 32.4. The van der Waals surface area contributed by atoms with Gasteiger partial charge in [-0.05, 0) is 183 Å². The van der Waals surface area contributed by atoms with Crippen LogP contribution in [0.1, 0.15) is 100 Å². The molecule has 149 heavy (non-hydrogen) atoms. The first-order chi connectivity index (χ1) is 73.0. The van der Waals surface area contributed by atoms with Crippen LogP contribution in [0.3, 0.4) is 0 Å². The molecule has 8 aromatic heterocycles. The lowest BCUT2D eigenvalue weighted by molar-refractivity contribution is 0.636. The average Bonchev–Trinajstić information content (AvgIpc) is 1.54. The smallest absolute Gasteiger partial charge is 0.160 e. The Morgan fingerprint density at radius 1 is 0.201 bits per heavy atom. The van der Waals surface area contributed by atoms with Gasteiger partial charge in [-0.3, -0.25) is 0 Å². The summed E-state index contributed by atoms with van der Waals surface area (Å²) in [7, 11) is 0. The minimum atomic E-state index is -0.254. The standard InChI is InChI=1S/C49H34N4.C46H35N3.C43H29N3O/c1-49(2)39-22-12-9-20-37(39)44-45(31-15-5-3-6-16-31)50-48(51-47(44)49)32-25-27-34(28-26-32)52-41-24-14-11-21-38(41)43-42(52)30-29-36-35-19-10-13-23-40(35)53(46(36)43)33-17-7-4-8-18-33;1-45(2)35-19-11-8-16-31(35)32-26-27-38-39(41(32)45)34-18-10-13-21-37(34)49(38)30-24-22-29(23-25-30)44-47-42(28-14-6-5-7-15-28)40-33-17-9-12-20-36(33)46(3,4)43(40)48-44;1-43(2)33-20-9-6-18-31(33)38-39(26-13-4-3-5-14-26)44-42(45-41(38)43)27-15-12-16-28(25-27)46-34-21-10-7-19-32(34)37-35(46)24-23-30-29-17-8-11-22-36(29)47-40(30)37/h3-30H,1-2H3;5-27H,1-4H3;3-25H,1-2H3. The van der Waals surface area contributed by atoms with Gasteiger partial charge in [-0.25, -0.2) is 29.9 Å². The molecular formula is C138H98N10O. The lowest BCUT2D eigenvalue weighted by Crippen LogP contribution is -2.17. The van der Waals surface area contributed by atoms with E-state index in [4.69, 9.17) is 34.3 Å². The van der Waals surface area contributed by atoms with Gasteiger partial charge in [0, 0.05) is 143 Å². The molecule has 8 heterocycles. The van der Waals surface area contributed by atoms with E-state index in [0.29, 0.717) is 0 Å². The fourth-order valence-electron chi connectivity index (χ4n) is 25.5. The molecule has 0 unspecified atom stereocenters. The zero-order valence-corrected chi connectivity index (χ0v) is 83.6. The van der Waals surface area contributed by atoms with Gasteiger partial charge in [-0.1, -0.05) is 377 Å². The van der Waals surface area contributed by atoms with Crippen LogP contribution in [0.2, 0.25) is 0 Å². The minimum absolute atomic E-state index is 0.0982. The molecule has 4 aliphatic rings. The van der Waals surface area contributed by atoms with Crippen LogP contribution in [0.4, 0.5) is 0 Å². The molecule has 0 aliphatic heterocycles.